The Labute approximate surface area is 169 Å². The first-order valence-electron chi connectivity index (χ1n) is 9.85. The van der Waals surface area contributed by atoms with Crippen molar-refractivity contribution < 1.29 is 9.47 Å². The Kier molecular flexibility index (Phi) is 10.4. The van der Waals surface area contributed by atoms with Crippen molar-refractivity contribution in [2.24, 2.45) is 5.73 Å². The Balaban J connectivity index is 1.59. The molecule has 2 rings (SSSR count). The van der Waals surface area contributed by atoms with E-state index in [-0.39, 0.29) is 0 Å². The van der Waals surface area contributed by atoms with E-state index in [0.717, 1.165) is 57.3 Å². The number of nitrogens with two attached hydrogens (primary N) is 1. The number of methoxy groups -OCH3 is 2. The molecule has 0 aliphatic carbocycles. The molecule has 0 saturated heterocycles. The molecule has 0 radical (unpaired) electrons. The topological polar surface area (TPSA) is 71.8 Å². The van der Waals surface area contributed by atoms with Gasteiger partial charge in [-0.2, -0.15) is 0 Å². The van der Waals surface area contributed by atoms with Gasteiger partial charge in [-0.25, -0.2) is 0 Å². The number of benzene rings is 2. The van der Waals surface area contributed by atoms with E-state index in [1.165, 1.54) is 11.1 Å². The van der Waals surface area contributed by atoms with Crippen LogP contribution in [0.25, 0.3) is 0 Å². The van der Waals surface area contributed by atoms with E-state index in [1.807, 2.05) is 24.3 Å². The van der Waals surface area contributed by atoms with Crippen molar-refractivity contribution in [2.75, 3.05) is 53.5 Å². The van der Waals surface area contributed by atoms with Gasteiger partial charge in [0.15, 0.2) is 0 Å². The number of ether oxygens (including phenoxy) is 2. The predicted octanol–water partition coefficient (Wildman–Crippen LogP) is 1.84. The fourth-order valence-electron chi connectivity index (χ4n) is 2.96. The van der Waals surface area contributed by atoms with E-state index in [4.69, 9.17) is 15.2 Å². The maximum Gasteiger partial charge on any atom is 0.118 e. The van der Waals surface area contributed by atoms with Gasteiger partial charge >= 0.3 is 0 Å². The molecule has 0 fully saturated rings. The second kappa shape index (κ2) is 13.1. The zero-order valence-electron chi connectivity index (χ0n) is 17.1. The number of rotatable bonds is 14. The molecule has 0 bridgehead atoms. The van der Waals surface area contributed by atoms with Crippen LogP contribution in [-0.4, -0.2) is 58.4 Å². The molecule has 0 amide bonds. The van der Waals surface area contributed by atoms with Crippen LogP contribution in [-0.2, 0) is 13.1 Å². The van der Waals surface area contributed by atoms with E-state index >= 15 is 0 Å². The molecular weight excluding hydrogens is 352 g/mol. The predicted molar refractivity (Wildman–Crippen MR) is 115 cm³/mol. The lowest BCUT2D eigenvalue weighted by Gasteiger charge is -2.22. The van der Waals surface area contributed by atoms with E-state index in [0.29, 0.717) is 6.54 Å². The summed E-state index contributed by atoms with van der Waals surface area (Å²) in [6.07, 6.45) is 0. The number of hydrogen-bond donors (Lipinski definition) is 3. The second-order valence-electron chi connectivity index (χ2n) is 6.69. The lowest BCUT2D eigenvalue weighted by Crippen LogP contribution is -2.37. The summed E-state index contributed by atoms with van der Waals surface area (Å²) in [5.41, 5.74) is 8.30. The first-order valence-corrected chi connectivity index (χ1v) is 9.85. The van der Waals surface area contributed by atoms with Gasteiger partial charge in [0, 0.05) is 52.4 Å². The van der Waals surface area contributed by atoms with Crippen molar-refractivity contribution in [3.05, 3.63) is 59.7 Å². The van der Waals surface area contributed by atoms with Crippen LogP contribution in [0.3, 0.4) is 0 Å². The third kappa shape index (κ3) is 8.27. The third-order valence-corrected chi connectivity index (χ3v) is 4.58. The normalized spacial score (nSPS) is 11.0. The molecule has 0 aromatic heterocycles. The van der Waals surface area contributed by atoms with Gasteiger partial charge in [0.25, 0.3) is 0 Å². The van der Waals surface area contributed by atoms with Gasteiger partial charge < -0.3 is 25.8 Å². The fraction of sp³-hybridized carbons (Fsp3) is 0.455. The van der Waals surface area contributed by atoms with Crippen LogP contribution in [0.2, 0.25) is 0 Å². The highest BCUT2D eigenvalue weighted by atomic mass is 16.5. The van der Waals surface area contributed by atoms with Crippen molar-refractivity contribution >= 4 is 0 Å². The minimum absolute atomic E-state index is 0.666. The van der Waals surface area contributed by atoms with Gasteiger partial charge in [0.1, 0.15) is 11.5 Å². The van der Waals surface area contributed by atoms with Crippen LogP contribution in [0.5, 0.6) is 11.5 Å². The molecule has 0 atom stereocenters. The Morgan fingerprint density at radius 2 is 1.32 bits per heavy atom. The van der Waals surface area contributed by atoms with Crippen molar-refractivity contribution in [3.8, 4) is 11.5 Å². The molecule has 2 aromatic rings. The summed E-state index contributed by atoms with van der Waals surface area (Å²) in [4.78, 5) is 2.37. The molecule has 4 N–H and O–H groups in total. The van der Waals surface area contributed by atoms with Gasteiger partial charge in [-0.05, 0) is 35.4 Å². The Morgan fingerprint density at radius 3 is 1.89 bits per heavy atom. The van der Waals surface area contributed by atoms with Crippen LogP contribution in [0.4, 0.5) is 0 Å². The summed E-state index contributed by atoms with van der Waals surface area (Å²) in [6, 6.07) is 16.4. The fourth-order valence-corrected chi connectivity index (χ4v) is 2.96. The zero-order valence-corrected chi connectivity index (χ0v) is 17.1. The summed E-state index contributed by atoms with van der Waals surface area (Å²) in [7, 11) is 3.37. The Hall–Kier alpha value is -2.12. The summed E-state index contributed by atoms with van der Waals surface area (Å²) in [6.45, 7) is 7.11. The monoisotopic (exact) mass is 386 g/mol. The van der Waals surface area contributed by atoms with E-state index < -0.39 is 0 Å². The third-order valence-electron chi connectivity index (χ3n) is 4.58. The molecule has 0 spiro atoms. The van der Waals surface area contributed by atoms with Gasteiger partial charge in [-0.3, -0.25) is 4.90 Å². The van der Waals surface area contributed by atoms with Crippen LogP contribution in [0.15, 0.2) is 48.5 Å². The zero-order chi connectivity index (χ0) is 20.0. The van der Waals surface area contributed by atoms with Crippen molar-refractivity contribution in [3.63, 3.8) is 0 Å². The molecule has 28 heavy (non-hydrogen) atoms. The highest BCUT2D eigenvalue weighted by Gasteiger charge is 2.05. The molecule has 6 heteroatoms. The molecule has 0 heterocycles. The molecule has 0 saturated carbocycles. The van der Waals surface area contributed by atoms with Gasteiger partial charge in [0.2, 0.25) is 0 Å². The molecule has 0 aliphatic rings. The van der Waals surface area contributed by atoms with Gasteiger partial charge in [-0.1, -0.05) is 24.3 Å². The Bertz CT molecular complexity index is 647. The summed E-state index contributed by atoms with van der Waals surface area (Å²) in [5, 5.41) is 6.95. The summed E-state index contributed by atoms with van der Waals surface area (Å²) < 4.78 is 10.4. The van der Waals surface area contributed by atoms with E-state index in [9.17, 15) is 0 Å². The SMILES string of the molecule is COc1ccc(CNCCNCCN(CCN)Cc2ccc(OC)cc2)cc1. The van der Waals surface area contributed by atoms with E-state index in [1.54, 1.807) is 14.2 Å². The number of nitrogens with one attached hydrogen (secondary N) is 2. The maximum atomic E-state index is 5.77. The largest absolute Gasteiger partial charge is 0.497 e. The molecule has 6 nitrogen and oxygen atoms in total. The quantitative estimate of drug-likeness (QED) is 0.431. The first-order chi connectivity index (χ1) is 13.7. The lowest BCUT2D eigenvalue weighted by atomic mass is 10.2. The molecule has 2 aromatic carbocycles. The molecule has 154 valence electrons. The molecule has 0 aliphatic heterocycles. The standard InChI is InChI=1S/C22H34N4O2/c1-27-21-7-3-19(4-8-21)17-25-13-12-24-14-16-26(15-11-23)18-20-5-9-22(28-2)10-6-20/h3-10,24-25H,11-18,23H2,1-2H3. The lowest BCUT2D eigenvalue weighted by molar-refractivity contribution is 0.272. The minimum atomic E-state index is 0.666. The number of nitrogens with zero attached hydrogens (tertiary/aromatic N) is 1. The highest BCUT2D eigenvalue weighted by Crippen LogP contribution is 2.13. The van der Waals surface area contributed by atoms with Gasteiger partial charge in [-0.15, -0.1) is 0 Å². The van der Waals surface area contributed by atoms with Crippen LogP contribution in [0.1, 0.15) is 11.1 Å². The average molecular weight is 387 g/mol. The molecular formula is C22H34N4O2. The van der Waals surface area contributed by atoms with Crippen molar-refractivity contribution in [1.29, 1.82) is 0 Å². The van der Waals surface area contributed by atoms with Crippen LogP contribution >= 0.6 is 0 Å². The van der Waals surface area contributed by atoms with E-state index in [2.05, 4.69) is 39.8 Å². The molecule has 0 unspecified atom stereocenters. The maximum absolute atomic E-state index is 5.77. The number of hydrogen-bond acceptors (Lipinski definition) is 6. The summed E-state index contributed by atoms with van der Waals surface area (Å²) in [5.74, 6) is 1.78. The average Bonchev–Trinajstić information content (AvgIpc) is 2.74. The van der Waals surface area contributed by atoms with Crippen LogP contribution < -0.4 is 25.8 Å². The highest BCUT2D eigenvalue weighted by molar-refractivity contribution is 5.27. The smallest absolute Gasteiger partial charge is 0.118 e. The minimum Gasteiger partial charge on any atom is -0.497 e. The second-order valence-corrected chi connectivity index (χ2v) is 6.69. The van der Waals surface area contributed by atoms with Crippen molar-refractivity contribution in [2.45, 2.75) is 13.1 Å². The summed E-state index contributed by atoms with van der Waals surface area (Å²) >= 11 is 0. The van der Waals surface area contributed by atoms with Crippen LogP contribution in [0, 0.1) is 0 Å². The van der Waals surface area contributed by atoms with Crippen molar-refractivity contribution in [1.82, 2.24) is 15.5 Å². The Morgan fingerprint density at radius 1 is 0.750 bits per heavy atom. The first kappa shape index (κ1) is 22.2. The van der Waals surface area contributed by atoms with Gasteiger partial charge in [0.05, 0.1) is 14.2 Å².